The third kappa shape index (κ3) is 5.29. The van der Waals surface area contributed by atoms with Crippen molar-refractivity contribution in [1.29, 1.82) is 0 Å². The zero-order chi connectivity index (χ0) is 22.6. The average molecular weight is 470 g/mol. The van der Waals surface area contributed by atoms with Crippen LogP contribution in [0.1, 0.15) is 30.3 Å². The lowest BCUT2D eigenvalue weighted by atomic mass is 10.2. The molecule has 2 aliphatic heterocycles. The molecule has 0 radical (unpaired) electrons. The van der Waals surface area contributed by atoms with Crippen LogP contribution in [0.4, 0.5) is 0 Å². The summed E-state index contributed by atoms with van der Waals surface area (Å²) in [6.07, 6.45) is 2.95. The first kappa shape index (κ1) is 22.1. The summed E-state index contributed by atoms with van der Waals surface area (Å²) in [6, 6.07) is 11.7. The van der Waals surface area contributed by atoms with Gasteiger partial charge in [-0.3, -0.25) is 9.69 Å². The van der Waals surface area contributed by atoms with Gasteiger partial charge in [-0.25, -0.2) is 0 Å². The molecule has 3 aromatic rings. The number of halogens is 1. The van der Waals surface area contributed by atoms with Crippen LogP contribution in [0.2, 0.25) is 5.02 Å². The van der Waals surface area contributed by atoms with E-state index in [0.29, 0.717) is 24.6 Å². The molecule has 0 bridgehead atoms. The van der Waals surface area contributed by atoms with Gasteiger partial charge >= 0.3 is 0 Å². The third-order valence-electron chi connectivity index (χ3n) is 6.24. The van der Waals surface area contributed by atoms with Crippen LogP contribution >= 0.6 is 11.6 Å². The van der Waals surface area contributed by atoms with E-state index in [2.05, 4.69) is 25.0 Å². The van der Waals surface area contributed by atoms with Crippen molar-refractivity contribution in [3.8, 4) is 11.3 Å². The molecule has 0 aliphatic carbocycles. The highest BCUT2D eigenvalue weighted by molar-refractivity contribution is 6.30. The Morgan fingerprint density at radius 2 is 2.00 bits per heavy atom. The molecule has 0 saturated carbocycles. The van der Waals surface area contributed by atoms with Crippen LogP contribution < -0.4 is 5.32 Å². The first-order chi connectivity index (χ1) is 16.2. The number of aromatic nitrogens is 3. The highest BCUT2D eigenvalue weighted by Gasteiger charge is 2.24. The number of rotatable bonds is 7. The molecule has 1 N–H and O–H groups in total. The summed E-state index contributed by atoms with van der Waals surface area (Å²) in [5.41, 5.74) is 1.02. The van der Waals surface area contributed by atoms with E-state index in [9.17, 15) is 4.79 Å². The Kier molecular flexibility index (Phi) is 6.75. The Balaban J connectivity index is 1.14. The van der Waals surface area contributed by atoms with Crippen LogP contribution in [-0.2, 0) is 35.5 Å². The van der Waals surface area contributed by atoms with Crippen molar-refractivity contribution >= 4 is 17.5 Å². The molecule has 0 spiro atoms. The van der Waals surface area contributed by atoms with Crippen molar-refractivity contribution in [2.75, 3.05) is 26.2 Å². The largest absolute Gasteiger partial charge is 0.460 e. The molecule has 9 heteroatoms. The Labute approximate surface area is 197 Å². The summed E-state index contributed by atoms with van der Waals surface area (Å²) in [7, 11) is 0. The summed E-state index contributed by atoms with van der Waals surface area (Å²) in [5, 5.41) is 12.5. The van der Waals surface area contributed by atoms with Crippen LogP contribution in [-0.4, -0.2) is 57.9 Å². The zero-order valence-electron chi connectivity index (χ0n) is 18.5. The lowest BCUT2D eigenvalue weighted by Gasteiger charge is -2.18. The normalized spacial score (nSPS) is 18.8. The molecular weight excluding hydrogens is 442 g/mol. The smallest absolute Gasteiger partial charge is 0.249 e. The van der Waals surface area contributed by atoms with E-state index in [0.717, 1.165) is 74.2 Å². The Morgan fingerprint density at radius 3 is 2.82 bits per heavy atom. The van der Waals surface area contributed by atoms with E-state index in [-0.39, 0.29) is 12.0 Å². The van der Waals surface area contributed by atoms with Gasteiger partial charge in [0.05, 0.1) is 6.54 Å². The van der Waals surface area contributed by atoms with Crippen molar-refractivity contribution < 1.29 is 13.9 Å². The van der Waals surface area contributed by atoms with Crippen molar-refractivity contribution in [2.24, 2.45) is 0 Å². The standard InChI is InChI=1S/C24H28ClN5O3/c25-18-5-3-17(4-6-18)20-8-7-19(33-20)16-29-12-10-23-28-27-22(30(23)14-13-29)9-11-26-24(31)21-2-1-15-32-21/h3-8,21H,1-2,9-16H2,(H,26,31)/t21-/m1/s1. The molecule has 0 unspecified atom stereocenters. The second-order valence-corrected chi connectivity index (χ2v) is 8.96. The van der Waals surface area contributed by atoms with Crippen molar-refractivity contribution in [3.63, 3.8) is 0 Å². The fourth-order valence-corrected chi connectivity index (χ4v) is 4.54. The van der Waals surface area contributed by atoms with Crippen molar-refractivity contribution in [3.05, 3.63) is 58.8 Å². The number of amides is 1. The van der Waals surface area contributed by atoms with Gasteiger partial charge in [0, 0.05) is 56.2 Å². The van der Waals surface area contributed by atoms with Crippen LogP contribution in [0.15, 0.2) is 40.8 Å². The van der Waals surface area contributed by atoms with Crippen LogP contribution in [0.3, 0.4) is 0 Å². The predicted molar refractivity (Wildman–Crippen MR) is 124 cm³/mol. The minimum absolute atomic E-state index is 0.0225. The van der Waals surface area contributed by atoms with Gasteiger partial charge in [0.15, 0.2) is 0 Å². The molecule has 4 heterocycles. The maximum Gasteiger partial charge on any atom is 0.249 e. The van der Waals surface area contributed by atoms with E-state index in [1.54, 1.807) is 0 Å². The quantitative estimate of drug-likeness (QED) is 0.572. The van der Waals surface area contributed by atoms with E-state index < -0.39 is 0 Å². The van der Waals surface area contributed by atoms with E-state index in [4.69, 9.17) is 20.8 Å². The lowest BCUT2D eigenvalue weighted by molar-refractivity contribution is -0.130. The van der Waals surface area contributed by atoms with E-state index in [1.807, 2.05) is 36.4 Å². The van der Waals surface area contributed by atoms with Gasteiger partial charge in [0.1, 0.15) is 29.3 Å². The Bertz CT molecular complexity index is 1090. The van der Waals surface area contributed by atoms with Crippen LogP contribution in [0.25, 0.3) is 11.3 Å². The highest BCUT2D eigenvalue weighted by Crippen LogP contribution is 2.25. The zero-order valence-corrected chi connectivity index (χ0v) is 19.3. The minimum Gasteiger partial charge on any atom is -0.460 e. The number of hydrogen-bond acceptors (Lipinski definition) is 6. The fourth-order valence-electron chi connectivity index (χ4n) is 4.42. The molecule has 2 aromatic heterocycles. The van der Waals surface area contributed by atoms with Crippen molar-refractivity contribution in [2.45, 2.75) is 44.9 Å². The summed E-state index contributed by atoms with van der Waals surface area (Å²) < 4.78 is 13.7. The predicted octanol–water partition coefficient (Wildman–Crippen LogP) is 3.09. The van der Waals surface area contributed by atoms with E-state index >= 15 is 0 Å². The Morgan fingerprint density at radius 1 is 1.12 bits per heavy atom. The maximum atomic E-state index is 12.1. The summed E-state index contributed by atoms with van der Waals surface area (Å²) in [4.78, 5) is 14.5. The van der Waals surface area contributed by atoms with Gasteiger partial charge in [0.2, 0.25) is 5.91 Å². The molecule has 8 nitrogen and oxygen atoms in total. The SMILES string of the molecule is O=C(NCCc1nnc2n1CCN(Cc1ccc(-c3ccc(Cl)cc3)o1)CC2)[C@H]1CCCO1. The summed E-state index contributed by atoms with van der Waals surface area (Å²) >= 11 is 5.98. The molecule has 1 atom stereocenters. The fraction of sp³-hybridized carbons (Fsp3) is 0.458. The molecule has 1 amide bonds. The second kappa shape index (κ2) is 10.1. The number of carbonyl (C=O) groups is 1. The van der Waals surface area contributed by atoms with Gasteiger partial charge < -0.3 is 19.0 Å². The van der Waals surface area contributed by atoms with Crippen molar-refractivity contribution in [1.82, 2.24) is 25.0 Å². The van der Waals surface area contributed by atoms with Gasteiger partial charge in [-0.1, -0.05) is 11.6 Å². The number of furan rings is 1. The molecule has 33 heavy (non-hydrogen) atoms. The van der Waals surface area contributed by atoms with Gasteiger partial charge in [0.25, 0.3) is 0 Å². The molecular formula is C24H28ClN5O3. The number of fused-ring (bicyclic) bond motifs is 1. The van der Waals surface area contributed by atoms with Crippen LogP contribution in [0, 0.1) is 0 Å². The molecule has 1 fully saturated rings. The number of carbonyl (C=O) groups excluding carboxylic acids is 1. The van der Waals surface area contributed by atoms with Crippen LogP contribution in [0.5, 0.6) is 0 Å². The highest BCUT2D eigenvalue weighted by atomic mass is 35.5. The summed E-state index contributed by atoms with van der Waals surface area (Å²) in [6.45, 7) is 4.57. The monoisotopic (exact) mass is 469 g/mol. The number of benzene rings is 1. The molecule has 5 rings (SSSR count). The molecule has 1 aromatic carbocycles. The topological polar surface area (TPSA) is 85.4 Å². The van der Waals surface area contributed by atoms with E-state index in [1.165, 1.54) is 0 Å². The number of nitrogens with zero attached hydrogens (tertiary/aromatic N) is 4. The number of hydrogen-bond donors (Lipinski definition) is 1. The lowest BCUT2D eigenvalue weighted by Crippen LogP contribution is -2.35. The van der Waals surface area contributed by atoms with Gasteiger partial charge in [-0.05, 0) is 49.2 Å². The Hall–Kier alpha value is -2.68. The van der Waals surface area contributed by atoms with Gasteiger partial charge in [-0.2, -0.15) is 0 Å². The third-order valence-corrected chi connectivity index (χ3v) is 6.49. The second-order valence-electron chi connectivity index (χ2n) is 8.53. The number of ether oxygens (including phenoxy) is 1. The number of nitrogens with one attached hydrogen (secondary N) is 1. The first-order valence-electron chi connectivity index (χ1n) is 11.5. The molecule has 1 saturated heterocycles. The molecule has 2 aliphatic rings. The maximum absolute atomic E-state index is 12.1. The summed E-state index contributed by atoms with van der Waals surface area (Å²) in [5.74, 6) is 3.68. The first-order valence-corrected chi connectivity index (χ1v) is 11.9. The average Bonchev–Trinajstić information content (AvgIpc) is 3.56. The molecule has 174 valence electrons. The minimum atomic E-state index is -0.295. The van der Waals surface area contributed by atoms with Gasteiger partial charge in [-0.15, -0.1) is 10.2 Å².